The van der Waals surface area contributed by atoms with Gasteiger partial charge in [0, 0.05) is 19.8 Å². The number of hydrogen-bond acceptors (Lipinski definition) is 2. The number of hydrogen-bond donors (Lipinski definition) is 1. The standard InChI is InChI=1S/C14H31NO/c1-5-8-10-13(6-2)14(15-7-3)11-9-12-16-4/h13-15H,5-12H2,1-4H3. The van der Waals surface area contributed by atoms with E-state index in [1.165, 1.54) is 38.5 Å². The quantitative estimate of drug-likeness (QED) is 0.547. The van der Waals surface area contributed by atoms with Crippen molar-refractivity contribution >= 4 is 0 Å². The van der Waals surface area contributed by atoms with E-state index in [0.717, 1.165) is 19.1 Å². The van der Waals surface area contributed by atoms with E-state index in [9.17, 15) is 0 Å². The normalized spacial score (nSPS) is 15.0. The molecule has 0 heterocycles. The minimum Gasteiger partial charge on any atom is -0.385 e. The highest BCUT2D eigenvalue weighted by Crippen LogP contribution is 2.20. The largest absolute Gasteiger partial charge is 0.385 e. The molecule has 98 valence electrons. The fourth-order valence-corrected chi connectivity index (χ4v) is 2.37. The zero-order valence-electron chi connectivity index (χ0n) is 11.7. The number of methoxy groups -OCH3 is 1. The molecule has 0 bridgehead atoms. The van der Waals surface area contributed by atoms with Crippen LogP contribution in [0.1, 0.15) is 59.3 Å². The van der Waals surface area contributed by atoms with Crippen molar-refractivity contribution in [3.63, 3.8) is 0 Å². The van der Waals surface area contributed by atoms with Crippen LogP contribution in [0.3, 0.4) is 0 Å². The van der Waals surface area contributed by atoms with Gasteiger partial charge in [0.15, 0.2) is 0 Å². The van der Waals surface area contributed by atoms with Crippen molar-refractivity contribution in [2.24, 2.45) is 5.92 Å². The maximum atomic E-state index is 5.14. The van der Waals surface area contributed by atoms with E-state index in [4.69, 9.17) is 4.74 Å². The summed E-state index contributed by atoms with van der Waals surface area (Å²) in [5.41, 5.74) is 0. The molecule has 1 N–H and O–H groups in total. The molecule has 0 aromatic heterocycles. The van der Waals surface area contributed by atoms with Crippen LogP contribution in [-0.4, -0.2) is 26.3 Å². The Morgan fingerprint density at radius 2 is 1.81 bits per heavy atom. The lowest BCUT2D eigenvalue weighted by Crippen LogP contribution is -2.36. The van der Waals surface area contributed by atoms with Gasteiger partial charge in [-0.3, -0.25) is 0 Å². The van der Waals surface area contributed by atoms with Gasteiger partial charge in [-0.25, -0.2) is 0 Å². The molecule has 2 nitrogen and oxygen atoms in total. The first kappa shape index (κ1) is 15.9. The van der Waals surface area contributed by atoms with E-state index in [1.54, 1.807) is 7.11 Å². The Bertz CT molecular complexity index is 139. The highest BCUT2D eigenvalue weighted by atomic mass is 16.5. The lowest BCUT2D eigenvalue weighted by Gasteiger charge is -2.27. The van der Waals surface area contributed by atoms with Crippen LogP contribution in [0.15, 0.2) is 0 Å². The third-order valence-electron chi connectivity index (χ3n) is 3.35. The van der Waals surface area contributed by atoms with Crippen molar-refractivity contribution in [3.8, 4) is 0 Å². The molecule has 2 heteroatoms. The topological polar surface area (TPSA) is 21.3 Å². The summed E-state index contributed by atoms with van der Waals surface area (Å²) in [6.07, 6.45) is 7.78. The fourth-order valence-electron chi connectivity index (χ4n) is 2.37. The van der Waals surface area contributed by atoms with Crippen LogP contribution in [0.25, 0.3) is 0 Å². The average Bonchev–Trinajstić information content (AvgIpc) is 2.30. The van der Waals surface area contributed by atoms with E-state index in [-0.39, 0.29) is 0 Å². The lowest BCUT2D eigenvalue weighted by molar-refractivity contribution is 0.181. The van der Waals surface area contributed by atoms with Gasteiger partial charge >= 0.3 is 0 Å². The summed E-state index contributed by atoms with van der Waals surface area (Å²) in [6, 6.07) is 0.691. The molecule has 2 atom stereocenters. The predicted molar refractivity (Wildman–Crippen MR) is 71.9 cm³/mol. The van der Waals surface area contributed by atoms with Gasteiger partial charge < -0.3 is 10.1 Å². The first-order valence-corrected chi connectivity index (χ1v) is 7.02. The first-order valence-electron chi connectivity index (χ1n) is 7.02. The Morgan fingerprint density at radius 1 is 1.06 bits per heavy atom. The van der Waals surface area contributed by atoms with Crippen molar-refractivity contribution < 1.29 is 4.74 Å². The van der Waals surface area contributed by atoms with Crippen LogP contribution < -0.4 is 5.32 Å². The average molecular weight is 229 g/mol. The van der Waals surface area contributed by atoms with Gasteiger partial charge in [-0.15, -0.1) is 0 Å². The molecule has 2 unspecified atom stereocenters. The zero-order chi connectivity index (χ0) is 12.2. The molecule has 16 heavy (non-hydrogen) atoms. The van der Waals surface area contributed by atoms with Crippen molar-refractivity contribution in [1.29, 1.82) is 0 Å². The fraction of sp³-hybridized carbons (Fsp3) is 1.00. The second-order valence-electron chi connectivity index (χ2n) is 4.61. The van der Waals surface area contributed by atoms with Gasteiger partial charge in [0.2, 0.25) is 0 Å². The van der Waals surface area contributed by atoms with Crippen LogP contribution in [0.2, 0.25) is 0 Å². The molecule has 0 aliphatic rings. The number of ether oxygens (including phenoxy) is 1. The van der Waals surface area contributed by atoms with Crippen molar-refractivity contribution in [2.45, 2.75) is 65.3 Å². The van der Waals surface area contributed by atoms with Crippen LogP contribution >= 0.6 is 0 Å². The summed E-state index contributed by atoms with van der Waals surface area (Å²) in [4.78, 5) is 0. The predicted octanol–water partition coefficient (Wildman–Crippen LogP) is 3.61. The van der Waals surface area contributed by atoms with E-state index in [0.29, 0.717) is 6.04 Å². The SMILES string of the molecule is CCCCC(CC)C(CCCOC)NCC. The molecule has 0 aromatic rings. The van der Waals surface area contributed by atoms with Gasteiger partial charge in [-0.05, 0) is 31.7 Å². The minimum absolute atomic E-state index is 0.691. The van der Waals surface area contributed by atoms with Crippen molar-refractivity contribution in [3.05, 3.63) is 0 Å². The summed E-state index contributed by atoms with van der Waals surface area (Å²) in [6.45, 7) is 8.78. The highest BCUT2D eigenvalue weighted by molar-refractivity contribution is 4.75. The Balaban J connectivity index is 4.00. The molecular formula is C14H31NO. The maximum absolute atomic E-state index is 5.14. The zero-order valence-corrected chi connectivity index (χ0v) is 11.7. The van der Waals surface area contributed by atoms with Gasteiger partial charge in [0.1, 0.15) is 0 Å². The monoisotopic (exact) mass is 229 g/mol. The molecule has 0 fully saturated rings. The Hall–Kier alpha value is -0.0800. The second kappa shape index (κ2) is 11.4. The molecule has 0 radical (unpaired) electrons. The molecule has 0 saturated heterocycles. The summed E-state index contributed by atoms with van der Waals surface area (Å²) in [7, 11) is 1.79. The van der Waals surface area contributed by atoms with E-state index in [1.807, 2.05) is 0 Å². The van der Waals surface area contributed by atoms with Crippen molar-refractivity contribution in [1.82, 2.24) is 5.32 Å². The first-order chi connectivity index (χ1) is 7.79. The Morgan fingerprint density at radius 3 is 2.31 bits per heavy atom. The molecule has 0 amide bonds. The summed E-state index contributed by atoms with van der Waals surface area (Å²) < 4.78 is 5.14. The lowest BCUT2D eigenvalue weighted by atomic mass is 9.88. The molecule has 0 aliphatic carbocycles. The maximum Gasteiger partial charge on any atom is 0.0462 e. The number of unbranched alkanes of at least 4 members (excludes halogenated alkanes) is 1. The van der Waals surface area contributed by atoms with Gasteiger partial charge in [-0.1, -0.05) is 40.0 Å². The smallest absolute Gasteiger partial charge is 0.0462 e. The molecule has 0 aliphatic heterocycles. The molecular weight excluding hydrogens is 198 g/mol. The molecule has 0 rings (SSSR count). The van der Waals surface area contributed by atoms with Gasteiger partial charge in [0.05, 0.1) is 0 Å². The Labute approximate surface area is 102 Å². The van der Waals surface area contributed by atoms with Crippen LogP contribution in [-0.2, 0) is 4.74 Å². The number of nitrogens with one attached hydrogen (secondary N) is 1. The number of rotatable bonds is 11. The summed E-state index contributed by atoms with van der Waals surface area (Å²) in [5, 5.41) is 3.65. The molecule has 0 saturated carbocycles. The van der Waals surface area contributed by atoms with Gasteiger partial charge in [-0.2, -0.15) is 0 Å². The van der Waals surface area contributed by atoms with E-state index < -0.39 is 0 Å². The third-order valence-corrected chi connectivity index (χ3v) is 3.35. The highest BCUT2D eigenvalue weighted by Gasteiger charge is 2.17. The van der Waals surface area contributed by atoms with Crippen LogP contribution in [0.4, 0.5) is 0 Å². The Kier molecular flexibility index (Phi) is 11.3. The van der Waals surface area contributed by atoms with Crippen molar-refractivity contribution in [2.75, 3.05) is 20.3 Å². The summed E-state index contributed by atoms with van der Waals surface area (Å²) in [5.74, 6) is 0.844. The summed E-state index contributed by atoms with van der Waals surface area (Å²) >= 11 is 0. The third kappa shape index (κ3) is 7.24. The van der Waals surface area contributed by atoms with E-state index >= 15 is 0 Å². The van der Waals surface area contributed by atoms with Crippen LogP contribution in [0.5, 0.6) is 0 Å². The minimum atomic E-state index is 0.691. The van der Waals surface area contributed by atoms with E-state index in [2.05, 4.69) is 26.1 Å². The van der Waals surface area contributed by atoms with Gasteiger partial charge in [0.25, 0.3) is 0 Å². The molecule has 0 aromatic carbocycles. The van der Waals surface area contributed by atoms with Crippen LogP contribution in [0, 0.1) is 5.92 Å². The second-order valence-corrected chi connectivity index (χ2v) is 4.61. The molecule has 0 spiro atoms.